The van der Waals surface area contributed by atoms with Crippen LogP contribution in [0.1, 0.15) is 44.0 Å². The average Bonchev–Trinajstić information content (AvgIpc) is 3.53. The number of amides is 1. The van der Waals surface area contributed by atoms with E-state index in [1.165, 1.54) is 0 Å². The first-order chi connectivity index (χ1) is 22.5. The van der Waals surface area contributed by atoms with Gasteiger partial charge in [0.15, 0.2) is 18.6 Å². The molecule has 46 heavy (non-hydrogen) atoms. The second-order valence-electron chi connectivity index (χ2n) is 11.0. The lowest BCUT2D eigenvalue weighted by molar-refractivity contribution is -0.662. The molecule has 0 fully saturated rings. The summed E-state index contributed by atoms with van der Waals surface area (Å²) >= 11 is 3.50. The number of halogens is 1. The van der Waals surface area contributed by atoms with E-state index in [9.17, 15) is 10.1 Å². The molecule has 0 unspecified atom stereocenters. The van der Waals surface area contributed by atoms with E-state index in [2.05, 4.69) is 55.0 Å². The van der Waals surface area contributed by atoms with Crippen molar-refractivity contribution in [2.45, 2.75) is 26.1 Å². The number of rotatable bonds is 10. The van der Waals surface area contributed by atoms with Gasteiger partial charge in [0, 0.05) is 28.0 Å². The van der Waals surface area contributed by atoms with Crippen molar-refractivity contribution >= 4 is 32.7 Å². The minimum Gasteiger partial charge on any atom is -0.331 e. The monoisotopic (exact) mass is 666 g/mol. The van der Waals surface area contributed by atoms with Crippen LogP contribution in [0.5, 0.6) is 0 Å². The number of carbonyl (C=O) groups is 1. The SMILES string of the molecule is N#Cc1ccc(Cn2cnnc2CN(CCc2ccc(Br)cc2)C(=O)c2cc3ccccc3[n+](Cc3ccc(C#N)cc3)c2)cc1. The number of hydrogen-bond donors (Lipinski definition) is 0. The van der Waals surface area contributed by atoms with Crippen molar-refractivity contribution in [1.29, 1.82) is 10.5 Å². The molecule has 6 rings (SSSR count). The number of nitriles is 2. The first-order valence-electron chi connectivity index (χ1n) is 14.8. The Kier molecular flexibility index (Phi) is 9.24. The highest BCUT2D eigenvalue weighted by Crippen LogP contribution is 2.18. The molecule has 1 amide bonds. The second kappa shape index (κ2) is 14.0. The van der Waals surface area contributed by atoms with Gasteiger partial charge in [0.25, 0.3) is 5.91 Å². The Bertz CT molecular complexity index is 2070. The van der Waals surface area contributed by atoms with Crippen LogP contribution in [-0.2, 0) is 26.1 Å². The molecule has 0 spiro atoms. The summed E-state index contributed by atoms with van der Waals surface area (Å²) in [6.07, 6.45) is 4.26. The Morgan fingerprint density at radius 3 is 2.20 bits per heavy atom. The van der Waals surface area contributed by atoms with Gasteiger partial charge in [-0.15, -0.1) is 10.2 Å². The summed E-state index contributed by atoms with van der Waals surface area (Å²) in [5, 5.41) is 27.9. The minimum absolute atomic E-state index is 0.107. The van der Waals surface area contributed by atoms with E-state index >= 15 is 0 Å². The van der Waals surface area contributed by atoms with Gasteiger partial charge in [0.1, 0.15) is 11.9 Å². The summed E-state index contributed by atoms with van der Waals surface area (Å²) in [6.45, 7) is 1.81. The van der Waals surface area contributed by atoms with Crippen LogP contribution in [0.15, 0.2) is 120 Å². The molecule has 0 N–H and O–H groups in total. The highest BCUT2D eigenvalue weighted by Gasteiger charge is 2.23. The Morgan fingerprint density at radius 2 is 1.50 bits per heavy atom. The van der Waals surface area contributed by atoms with Crippen molar-refractivity contribution in [3.05, 3.63) is 159 Å². The Balaban J connectivity index is 1.32. The van der Waals surface area contributed by atoms with Crippen molar-refractivity contribution in [2.75, 3.05) is 6.54 Å². The van der Waals surface area contributed by atoms with Crippen LogP contribution in [0.3, 0.4) is 0 Å². The molecular formula is C37H29BrN7O+. The maximum atomic E-state index is 14.4. The zero-order valence-corrected chi connectivity index (χ0v) is 26.5. The summed E-state index contributed by atoms with van der Waals surface area (Å²) in [4.78, 5) is 16.2. The van der Waals surface area contributed by atoms with E-state index in [1.807, 2.05) is 94.5 Å². The molecule has 0 aliphatic heterocycles. The molecule has 0 saturated heterocycles. The van der Waals surface area contributed by atoms with E-state index in [0.717, 1.165) is 32.1 Å². The highest BCUT2D eigenvalue weighted by atomic mass is 79.9. The topological polar surface area (TPSA) is 102 Å². The van der Waals surface area contributed by atoms with Crippen LogP contribution in [0.4, 0.5) is 0 Å². The number of aromatic nitrogens is 4. The number of hydrogen-bond acceptors (Lipinski definition) is 5. The van der Waals surface area contributed by atoms with Crippen LogP contribution in [0.25, 0.3) is 10.9 Å². The number of pyridine rings is 1. The van der Waals surface area contributed by atoms with Crippen molar-refractivity contribution < 1.29 is 9.36 Å². The Morgan fingerprint density at radius 1 is 0.848 bits per heavy atom. The zero-order valence-electron chi connectivity index (χ0n) is 24.9. The van der Waals surface area contributed by atoms with Gasteiger partial charge in [0.2, 0.25) is 5.52 Å². The van der Waals surface area contributed by atoms with Gasteiger partial charge in [-0.05, 0) is 66.1 Å². The lowest BCUT2D eigenvalue weighted by atomic mass is 10.1. The molecule has 0 radical (unpaired) electrons. The molecule has 6 aromatic rings. The first-order valence-corrected chi connectivity index (χ1v) is 15.6. The molecule has 2 heterocycles. The summed E-state index contributed by atoms with van der Waals surface area (Å²) < 4.78 is 5.03. The summed E-state index contributed by atoms with van der Waals surface area (Å²) in [7, 11) is 0. The highest BCUT2D eigenvalue weighted by molar-refractivity contribution is 9.10. The first kappa shape index (κ1) is 30.4. The molecule has 4 aromatic carbocycles. The molecule has 0 aliphatic carbocycles. The summed E-state index contributed by atoms with van der Waals surface area (Å²) in [5.74, 6) is 0.559. The predicted octanol–water partition coefficient (Wildman–Crippen LogP) is 6.21. The largest absolute Gasteiger partial charge is 0.331 e. The van der Waals surface area contributed by atoms with E-state index in [0.29, 0.717) is 48.6 Å². The molecule has 0 atom stereocenters. The smallest absolute Gasteiger partial charge is 0.260 e. The van der Waals surface area contributed by atoms with Crippen molar-refractivity contribution in [3.8, 4) is 12.1 Å². The van der Waals surface area contributed by atoms with Crippen molar-refractivity contribution in [3.63, 3.8) is 0 Å². The molecule has 0 saturated carbocycles. The summed E-state index contributed by atoms with van der Waals surface area (Å²) in [5.41, 5.74) is 5.94. The lowest BCUT2D eigenvalue weighted by Gasteiger charge is -2.23. The standard InChI is InChI=1S/C37H29BrN7O/c38-34-15-13-27(14-16-34)17-18-43(25-36-42-41-26-45(36)23-31-11-7-29(21-40)8-12-31)37(46)33-19-32-3-1-2-4-35(32)44(24-33)22-30-9-5-28(20-39)6-10-30/h1-16,19,24,26H,17-18,22-23,25H2/q+1. The predicted molar refractivity (Wildman–Crippen MR) is 177 cm³/mol. The second-order valence-corrected chi connectivity index (χ2v) is 11.9. The van der Waals surface area contributed by atoms with E-state index < -0.39 is 0 Å². The molecule has 224 valence electrons. The number of fused-ring (bicyclic) bond motifs is 1. The third-order valence-corrected chi connectivity index (χ3v) is 8.40. The van der Waals surface area contributed by atoms with Crippen molar-refractivity contribution in [1.82, 2.24) is 19.7 Å². The average molecular weight is 668 g/mol. The van der Waals surface area contributed by atoms with E-state index in [1.54, 1.807) is 18.5 Å². The normalized spacial score (nSPS) is 10.8. The van der Waals surface area contributed by atoms with Crippen LogP contribution in [-0.4, -0.2) is 32.1 Å². The van der Waals surface area contributed by atoms with Gasteiger partial charge < -0.3 is 9.47 Å². The quantitative estimate of drug-likeness (QED) is 0.162. The van der Waals surface area contributed by atoms with Crippen LogP contribution < -0.4 is 4.57 Å². The number of carbonyl (C=O) groups excluding carboxylic acids is 1. The van der Waals surface area contributed by atoms with Crippen molar-refractivity contribution in [2.24, 2.45) is 0 Å². The molecular weight excluding hydrogens is 638 g/mol. The van der Waals surface area contributed by atoms with Gasteiger partial charge in [-0.3, -0.25) is 4.79 Å². The van der Waals surface area contributed by atoms with E-state index in [-0.39, 0.29) is 12.5 Å². The molecule has 2 aromatic heterocycles. The van der Waals surface area contributed by atoms with Gasteiger partial charge in [-0.25, -0.2) is 0 Å². The fourth-order valence-corrected chi connectivity index (χ4v) is 5.64. The third kappa shape index (κ3) is 7.18. The van der Waals surface area contributed by atoms with Gasteiger partial charge >= 0.3 is 0 Å². The van der Waals surface area contributed by atoms with Gasteiger partial charge in [0.05, 0.1) is 36.4 Å². The molecule has 0 bridgehead atoms. The number of nitrogens with zero attached hydrogens (tertiary/aromatic N) is 7. The Hall–Kier alpha value is -5.64. The molecule has 8 nitrogen and oxygen atoms in total. The molecule has 0 aliphatic rings. The number of benzene rings is 4. The van der Waals surface area contributed by atoms with Crippen LogP contribution in [0.2, 0.25) is 0 Å². The van der Waals surface area contributed by atoms with E-state index in [4.69, 9.17) is 5.26 Å². The van der Waals surface area contributed by atoms with Gasteiger partial charge in [-0.1, -0.05) is 64.5 Å². The maximum Gasteiger partial charge on any atom is 0.260 e. The fraction of sp³-hybridized carbons (Fsp3) is 0.135. The third-order valence-electron chi connectivity index (χ3n) is 7.87. The molecule has 9 heteroatoms. The summed E-state index contributed by atoms with van der Waals surface area (Å²) in [6, 6.07) is 37.3. The minimum atomic E-state index is -0.107. The van der Waals surface area contributed by atoms with Gasteiger partial charge in [-0.2, -0.15) is 15.1 Å². The lowest BCUT2D eigenvalue weighted by Crippen LogP contribution is -2.39. The van der Waals surface area contributed by atoms with Crippen LogP contribution in [0, 0.1) is 22.7 Å². The zero-order chi connectivity index (χ0) is 31.9. The van der Waals surface area contributed by atoms with Crippen LogP contribution >= 0.6 is 15.9 Å². The number of para-hydroxylation sites is 1. The Labute approximate surface area is 275 Å². The fourth-order valence-electron chi connectivity index (χ4n) is 5.38. The maximum absolute atomic E-state index is 14.4.